The molecule has 12 heteroatoms. The number of amides is 4. The van der Waals surface area contributed by atoms with Crippen molar-refractivity contribution in [2.24, 2.45) is 5.92 Å². The third-order valence-electron chi connectivity index (χ3n) is 7.11. The van der Waals surface area contributed by atoms with E-state index in [1.165, 1.54) is 35.2 Å². The predicted octanol–water partition coefficient (Wildman–Crippen LogP) is 4.29. The van der Waals surface area contributed by atoms with Crippen LogP contribution < -0.4 is 10.6 Å². The van der Waals surface area contributed by atoms with Crippen molar-refractivity contribution in [2.75, 3.05) is 31.6 Å². The first-order chi connectivity index (χ1) is 20.8. The van der Waals surface area contributed by atoms with Gasteiger partial charge in [-0.15, -0.1) is 0 Å². The van der Waals surface area contributed by atoms with Crippen molar-refractivity contribution >= 4 is 35.5 Å². The average Bonchev–Trinajstić information content (AvgIpc) is 3.37. The van der Waals surface area contributed by atoms with E-state index < -0.39 is 59.8 Å². The fourth-order valence-corrected chi connectivity index (χ4v) is 5.23. The lowest BCUT2D eigenvalue weighted by Gasteiger charge is -2.33. The molecule has 1 fully saturated rings. The number of nitrogens with one attached hydrogen (secondary N) is 2. The summed E-state index contributed by atoms with van der Waals surface area (Å²) in [6, 6.07) is 8.80. The molecule has 0 aromatic heterocycles. The fourth-order valence-electron chi connectivity index (χ4n) is 5.23. The maximum atomic E-state index is 15.3. The number of urea groups is 1. The molecule has 0 spiro atoms. The number of hydrogen-bond acceptors (Lipinski definition) is 7. The van der Waals surface area contributed by atoms with Gasteiger partial charge in [-0.3, -0.25) is 9.59 Å². The lowest BCUT2D eigenvalue weighted by Crippen LogP contribution is -2.49. The van der Waals surface area contributed by atoms with Crippen LogP contribution in [0.15, 0.2) is 48.5 Å². The van der Waals surface area contributed by atoms with Crippen LogP contribution in [0.25, 0.3) is 0 Å². The zero-order chi connectivity index (χ0) is 32.6. The highest BCUT2D eigenvalue weighted by Gasteiger charge is 2.52. The summed E-state index contributed by atoms with van der Waals surface area (Å²) in [4.78, 5) is 68.6. The van der Waals surface area contributed by atoms with Crippen molar-refractivity contribution < 1.29 is 37.8 Å². The van der Waals surface area contributed by atoms with Crippen molar-refractivity contribution in [2.45, 2.75) is 65.6 Å². The highest BCUT2D eigenvalue weighted by atomic mass is 19.1. The summed E-state index contributed by atoms with van der Waals surface area (Å²) >= 11 is 0. The second-order valence-electron chi connectivity index (χ2n) is 11.3. The van der Waals surface area contributed by atoms with E-state index in [0.717, 1.165) is 0 Å². The zero-order valence-electron chi connectivity index (χ0n) is 26.0. The Labute approximate surface area is 257 Å². The molecule has 3 rings (SSSR count). The molecule has 0 radical (unpaired) electrons. The number of nitrogens with zero attached hydrogens (tertiary/aromatic N) is 2. The highest BCUT2D eigenvalue weighted by molar-refractivity contribution is 5.96. The Morgan fingerprint density at radius 3 is 2.30 bits per heavy atom. The molecule has 3 atom stereocenters. The van der Waals surface area contributed by atoms with E-state index in [-0.39, 0.29) is 35.7 Å². The smallest absolute Gasteiger partial charge is 0.338 e. The average molecular weight is 613 g/mol. The molecule has 4 amide bonds. The molecule has 0 saturated carbocycles. The van der Waals surface area contributed by atoms with E-state index >= 15 is 4.39 Å². The van der Waals surface area contributed by atoms with Gasteiger partial charge in [0.05, 0.1) is 30.7 Å². The van der Waals surface area contributed by atoms with E-state index in [9.17, 15) is 24.0 Å². The highest BCUT2D eigenvalue weighted by Crippen LogP contribution is 2.43. The molecule has 0 bridgehead atoms. The normalized spacial score (nSPS) is 17.9. The number of benzene rings is 2. The van der Waals surface area contributed by atoms with Crippen LogP contribution >= 0.6 is 0 Å². The maximum absolute atomic E-state index is 15.3. The molecule has 1 heterocycles. The lowest BCUT2D eigenvalue weighted by molar-refractivity contribution is -0.164. The quantitative estimate of drug-likeness (QED) is 0.382. The third-order valence-corrected chi connectivity index (χ3v) is 7.11. The number of esters is 2. The molecular weight excluding hydrogens is 571 g/mol. The van der Waals surface area contributed by atoms with Gasteiger partial charge in [0.2, 0.25) is 11.8 Å². The van der Waals surface area contributed by atoms with Crippen molar-refractivity contribution in [3.05, 3.63) is 65.5 Å². The van der Waals surface area contributed by atoms with E-state index in [0.29, 0.717) is 13.1 Å². The van der Waals surface area contributed by atoms with Crippen molar-refractivity contribution in [1.29, 1.82) is 0 Å². The number of ether oxygens (including phenoxy) is 2. The van der Waals surface area contributed by atoms with Gasteiger partial charge >= 0.3 is 18.0 Å². The molecule has 44 heavy (non-hydrogen) atoms. The lowest BCUT2D eigenvalue weighted by atomic mass is 9.91. The van der Waals surface area contributed by atoms with Gasteiger partial charge in [-0.05, 0) is 72.2 Å². The molecular formula is C32H41FN4O7. The summed E-state index contributed by atoms with van der Waals surface area (Å²) in [5.74, 6) is -3.89. The van der Waals surface area contributed by atoms with E-state index in [4.69, 9.17) is 9.47 Å². The summed E-state index contributed by atoms with van der Waals surface area (Å²) in [5.41, 5.74) is -0.300. The second kappa shape index (κ2) is 14.8. The SMILES string of the molecule is CCOC(=O)c1cccc(NC(=O)NCC(=O)N2C(C(=O)OC(C)(C)C)CC(C(=O)N(CC)CC)C2c2ccccc2F)c1. The summed E-state index contributed by atoms with van der Waals surface area (Å²) in [6.45, 7) is 10.7. The first-order valence-corrected chi connectivity index (χ1v) is 14.7. The summed E-state index contributed by atoms with van der Waals surface area (Å²) in [7, 11) is 0. The number of carbonyl (C=O) groups is 5. The van der Waals surface area contributed by atoms with Crippen LogP contribution in [0.2, 0.25) is 0 Å². The van der Waals surface area contributed by atoms with Gasteiger partial charge in [0.15, 0.2) is 0 Å². The van der Waals surface area contributed by atoms with Gasteiger partial charge in [-0.1, -0.05) is 24.3 Å². The topological polar surface area (TPSA) is 134 Å². The number of anilines is 1. The summed E-state index contributed by atoms with van der Waals surface area (Å²) < 4.78 is 25.9. The Morgan fingerprint density at radius 2 is 1.68 bits per heavy atom. The fraction of sp³-hybridized carbons (Fsp3) is 0.469. The Balaban J connectivity index is 1.92. The van der Waals surface area contributed by atoms with Crippen LogP contribution in [0.5, 0.6) is 0 Å². The van der Waals surface area contributed by atoms with Gasteiger partial charge < -0.3 is 29.9 Å². The number of likely N-dealkylation sites (tertiary alicyclic amines) is 1. The predicted molar refractivity (Wildman–Crippen MR) is 161 cm³/mol. The summed E-state index contributed by atoms with van der Waals surface area (Å²) in [5, 5.41) is 5.03. The first-order valence-electron chi connectivity index (χ1n) is 14.7. The van der Waals surface area contributed by atoms with Crippen LogP contribution in [-0.2, 0) is 23.9 Å². The molecule has 238 valence electrons. The Kier molecular flexibility index (Phi) is 11.4. The van der Waals surface area contributed by atoms with Gasteiger partial charge in [-0.25, -0.2) is 18.8 Å². The van der Waals surface area contributed by atoms with Gasteiger partial charge in [0.25, 0.3) is 0 Å². The largest absolute Gasteiger partial charge is 0.462 e. The first kappa shape index (κ1) is 34.0. The molecule has 11 nitrogen and oxygen atoms in total. The standard InChI is InChI=1S/C32H41FN4O7/c1-7-36(8-2)28(39)23-18-25(30(41)44-32(4,5)6)37(27(23)22-15-10-11-16-24(22)33)26(38)19-34-31(42)35-21-14-12-13-20(17-21)29(40)43-9-3/h10-17,23,25,27H,7-9,18-19H2,1-6H3,(H2,34,35,42). The molecule has 2 aromatic carbocycles. The second-order valence-corrected chi connectivity index (χ2v) is 11.3. The number of rotatable bonds is 10. The van der Waals surface area contributed by atoms with Crippen LogP contribution in [0.3, 0.4) is 0 Å². The van der Waals surface area contributed by atoms with E-state index in [1.54, 1.807) is 50.8 Å². The monoisotopic (exact) mass is 612 g/mol. The van der Waals surface area contributed by atoms with E-state index in [1.807, 2.05) is 13.8 Å². The van der Waals surface area contributed by atoms with Crippen molar-refractivity contribution in [1.82, 2.24) is 15.1 Å². The van der Waals surface area contributed by atoms with Crippen LogP contribution in [0.4, 0.5) is 14.9 Å². The zero-order valence-corrected chi connectivity index (χ0v) is 26.0. The molecule has 3 unspecified atom stereocenters. The molecule has 2 N–H and O–H groups in total. The van der Waals surface area contributed by atoms with Crippen LogP contribution in [0.1, 0.15) is 69.9 Å². The molecule has 1 aliphatic rings. The minimum atomic E-state index is -1.21. The van der Waals surface area contributed by atoms with Crippen LogP contribution in [0, 0.1) is 11.7 Å². The van der Waals surface area contributed by atoms with Gasteiger partial charge in [0, 0.05) is 24.3 Å². The Morgan fingerprint density at radius 1 is 1.00 bits per heavy atom. The third kappa shape index (κ3) is 8.33. The Hall–Kier alpha value is -4.48. The molecule has 1 saturated heterocycles. The summed E-state index contributed by atoms with van der Waals surface area (Å²) in [6.07, 6.45) is -0.0815. The Bertz CT molecular complexity index is 1370. The minimum Gasteiger partial charge on any atom is -0.462 e. The number of carbonyl (C=O) groups excluding carboxylic acids is 5. The van der Waals surface area contributed by atoms with Crippen LogP contribution in [-0.4, -0.2) is 77.5 Å². The molecule has 0 aliphatic carbocycles. The number of hydrogen-bond donors (Lipinski definition) is 2. The van der Waals surface area contributed by atoms with Gasteiger partial charge in [0.1, 0.15) is 17.5 Å². The van der Waals surface area contributed by atoms with Crippen molar-refractivity contribution in [3.63, 3.8) is 0 Å². The maximum Gasteiger partial charge on any atom is 0.338 e. The van der Waals surface area contributed by atoms with E-state index in [2.05, 4.69) is 10.6 Å². The molecule has 1 aliphatic heterocycles. The minimum absolute atomic E-state index is 0.0812. The number of halogens is 1. The molecule has 2 aromatic rings. The van der Waals surface area contributed by atoms with Crippen molar-refractivity contribution in [3.8, 4) is 0 Å². The van der Waals surface area contributed by atoms with Gasteiger partial charge in [-0.2, -0.15) is 0 Å².